The van der Waals surface area contributed by atoms with E-state index in [1.807, 2.05) is 37.0 Å². The van der Waals surface area contributed by atoms with Gasteiger partial charge in [-0.25, -0.2) is 0 Å². The van der Waals surface area contributed by atoms with Crippen molar-refractivity contribution in [2.75, 3.05) is 6.54 Å². The lowest BCUT2D eigenvalue weighted by Gasteiger charge is -2.21. The maximum Gasteiger partial charge on any atom is 0.229 e. The smallest absolute Gasteiger partial charge is 0.229 e. The summed E-state index contributed by atoms with van der Waals surface area (Å²) in [7, 11) is 0. The van der Waals surface area contributed by atoms with E-state index >= 15 is 0 Å². The molecule has 0 spiro atoms. The number of amides is 1. The normalized spacial score (nSPS) is 22.9. The third kappa shape index (κ3) is 5.76. The summed E-state index contributed by atoms with van der Waals surface area (Å²) in [6.45, 7) is 7.83. The van der Waals surface area contributed by atoms with Crippen LogP contribution in [0.25, 0.3) is 0 Å². The average molecular weight is 307 g/mol. The summed E-state index contributed by atoms with van der Waals surface area (Å²) >= 11 is 0. The van der Waals surface area contributed by atoms with E-state index in [0.717, 1.165) is 19.3 Å². The first-order valence-electron chi connectivity index (χ1n) is 8.06. The summed E-state index contributed by atoms with van der Waals surface area (Å²) < 4.78 is 0. The van der Waals surface area contributed by atoms with Crippen LogP contribution in [-0.2, 0) is 9.59 Å². The molecule has 1 N–H and O–H groups in total. The Morgan fingerprint density at radius 1 is 1.45 bits per heavy atom. The van der Waals surface area contributed by atoms with Gasteiger partial charge >= 0.3 is 0 Å². The van der Waals surface area contributed by atoms with E-state index < -0.39 is 6.10 Å². The number of nitrogens with zero attached hydrogens (tertiary/aromatic N) is 1. The van der Waals surface area contributed by atoms with Crippen LogP contribution in [0.5, 0.6) is 0 Å². The topological polar surface area (TPSA) is 57.6 Å². The molecule has 2 atom stereocenters. The highest BCUT2D eigenvalue weighted by molar-refractivity contribution is 5.85. The third-order valence-electron chi connectivity index (χ3n) is 3.94. The summed E-state index contributed by atoms with van der Waals surface area (Å²) in [6.07, 6.45) is 10.3. The van der Waals surface area contributed by atoms with Gasteiger partial charge in [0.2, 0.25) is 5.91 Å². The van der Waals surface area contributed by atoms with Gasteiger partial charge in [-0.05, 0) is 33.1 Å². The minimum Gasteiger partial charge on any atom is -0.389 e. The number of likely N-dealkylation sites (tertiary alicyclic amines) is 1. The van der Waals surface area contributed by atoms with Gasteiger partial charge in [-0.2, -0.15) is 0 Å². The van der Waals surface area contributed by atoms with Gasteiger partial charge < -0.3 is 14.8 Å². The van der Waals surface area contributed by atoms with Crippen molar-refractivity contribution in [3.8, 4) is 0 Å². The summed E-state index contributed by atoms with van der Waals surface area (Å²) in [6, 6.07) is 0.0407. The van der Waals surface area contributed by atoms with E-state index in [-0.39, 0.29) is 23.1 Å². The Hall–Kier alpha value is -1.42. The monoisotopic (exact) mass is 307 g/mol. The quantitative estimate of drug-likeness (QED) is 0.554. The SMILES string of the molecule is CC(=O)CCCC=CCN1C(=O)C(C)(C)C[C@@H]1C=C[C@@H](C)O. The molecule has 124 valence electrons. The summed E-state index contributed by atoms with van der Waals surface area (Å²) in [4.78, 5) is 25.2. The van der Waals surface area contributed by atoms with Crippen molar-refractivity contribution in [1.29, 1.82) is 0 Å². The minimum atomic E-state index is -0.497. The molecule has 22 heavy (non-hydrogen) atoms. The number of Topliss-reactive ketones (excluding diaryl/α,β-unsaturated/α-hetero) is 1. The van der Waals surface area contributed by atoms with Crippen LogP contribution in [0.2, 0.25) is 0 Å². The first kappa shape index (κ1) is 18.6. The maximum atomic E-state index is 12.4. The second-order valence-corrected chi connectivity index (χ2v) is 6.80. The van der Waals surface area contributed by atoms with Crippen LogP contribution < -0.4 is 0 Å². The maximum absolute atomic E-state index is 12.4. The highest BCUT2D eigenvalue weighted by atomic mass is 16.3. The van der Waals surface area contributed by atoms with Crippen LogP contribution in [0, 0.1) is 5.41 Å². The minimum absolute atomic E-state index is 0.0407. The van der Waals surface area contributed by atoms with Crippen molar-refractivity contribution in [2.24, 2.45) is 5.41 Å². The van der Waals surface area contributed by atoms with Crippen LogP contribution in [0.15, 0.2) is 24.3 Å². The molecule has 0 aromatic heterocycles. The Labute approximate surface area is 133 Å². The second-order valence-electron chi connectivity index (χ2n) is 6.80. The molecule has 4 nitrogen and oxygen atoms in total. The number of unbranched alkanes of at least 4 members (excludes halogenated alkanes) is 1. The fourth-order valence-electron chi connectivity index (χ4n) is 2.71. The molecule has 0 saturated carbocycles. The van der Waals surface area contributed by atoms with E-state index in [9.17, 15) is 14.7 Å². The van der Waals surface area contributed by atoms with Gasteiger partial charge in [0.05, 0.1) is 12.1 Å². The molecule has 4 heteroatoms. The number of aliphatic hydroxyl groups excluding tert-OH is 1. The molecule has 1 aliphatic rings. The Kier molecular flexibility index (Phi) is 7.01. The Balaban J connectivity index is 2.58. The lowest BCUT2D eigenvalue weighted by atomic mass is 9.90. The van der Waals surface area contributed by atoms with Crippen molar-refractivity contribution < 1.29 is 14.7 Å². The molecule has 0 aromatic carbocycles. The molecule has 1 fully saturated rings. The number of aliphatic hydroxyl groups is 1. The Bertz CT molecular complexity index is 449. The number of carbonyl (C=O) groups is 2. The number of rotatable bonds is 8. The molecular weight excluding hydrogens is 278 g/mol. The van der Waals surface area contributed by atoms with E-state index in [0.29, 0.717) is 13.0 Å². The van der Waals surface area contributed by atoms with Crippen molar-refractivity contribution in [1.82, 2.24) is 4.90 Å². The standard InChI is InChI=1S/C18H29NO3/c1-14(20)9-7-5-6-8-12-19-16(11-10-15(2)21)13-18(3,4)17(19)22/h6,8,10-11,15-16,21H,5,7,9,12-13H2,1-4H3/t15-,16+/m1/s1. The van der Waals surface area contributed by atoms with E-state index in [2.05, 4.69) is 0 Å². The molecular formula is C18H29NO3. The average Bonchev–Trinajstić information content (AvgIpc) is 2.62. The molecule has 0 aromatic rings. The fourth-order valence-corrected chi connectivity index (χ4v) is 2.71. The predicted molar refractivity (Wildman–Crippen MR) is 88.4 cm³/mol. The predicted octanol–water partition coefficient (Wildman–Crippen LogP) is 2.87. The highest BCUT2D eigenvalue weighted by Crippen LogP contribution is 2.35. The number of allylic oxidation sites excluding steroid dienone is 1. The lowest BCUT2D eigenvalue weighted by molar-refractivity contribution is -0.134. The zero-order chi connectivity index (χ0) is 16.8. The van der Waals surface area contributed by atoms with Crippen LogP contribution in [0.3, 0.4) is 0 Å². The summed E-state index contributed by atoms with van der Waals surface area (Å²) in [5, 5.41) is 9.38. The third-order valence-corrected chi connectivity index (χ3v) is 3.94. The molecule has 1 rings (SSSR count). The molecule has 1 saturated heterocycles. The van der Waals surface area contributed by atoms with E-state index in [4.69, 9.17) is 0 Å². The summed E-state index contributed by atoms with van der Waals surface area (Å²) in [5.74, 6) is 0.370. The van der Waals surface area contributed by atoms with Crippen molar-refractivity contribution in [3.63, 3.8) is 0 Å². The fraction of sp³-hybridized carbons (Fsp3) is 0.667. The molecule has 1 aliphatic heterocycles. The Morgan fingerprint density at radius 3 is 2.73 bits per heavy atom. The van der Waals surface area contributed by atoms with Crippen molar-refractivity contribution >= 4 is 11.7 Å². The molecule has 1 amide bonds. The van der Waals surface area contributed by atoms with Crippen LogP contribution in [0.1, 0.15) is 53.4 Å². The van der Waals surface area contributed by atoms with Crippen molar-refractivity contribution in [2.45, 2.75) is 65.5 Å². The Morgan fingerprint density at radius 2 is 2.14 bits per heavy atom. The van der Waals surface area contributed by atoms with Crippen LogP contribution >= 0.6 is 0 Å². The first-order valence-corrected chi connectivity index (χ1v) is 8.06. The zero-order valence-electron chi connectivity index (χ0n) is 14.2. The number of hydrogen-bond donors (Lipinski definition) is 1. The van der Waals surface area contributed by atoms with Crippen molar-refractivity contribution in [3.05, 3.63) is 24.3 Å². The first-order chi connectivity index (χ1) is 10.2. The van der Waals surface area contributed by atoms with E-state index in [1.165, 1.54) is 0 Å². The largest absolute Gasteiger partial charge is 0.389 e. The van der Waals surface area contributed by atoms with Gasteiger partial charge in [-0.3, -0.25) is 4.79 Å². The van der Waals surface area contributed by atoms with Crippen LogP contribution in [-0.4, -0.2) is 40.4 Å². The van der Waals surface area contributed by atoms with Gasteiger partial charge in [0, 0.05) is 18.4 Å². The van der Waals surface area contributed by atoms with Gasteiger partial charge in [0.15, 0.2) is 0 Å². The van der Waals surface area contributed by atoms with Gasteiger partial charge in [-0.15, -0.1) is 0 Å². The second kappa shape index (κ2) is 8.28. The van der Waals surface area contributed by atoms with Gasteiger partial charge in [0.25, 0.3) is 0 Å². The molecule has 0 radical (unpaired) electrons. The molecule has 0 aliphatic carbocycles. The lowest BCUT2D eigenvalue weighted by Crippen LogP contribution is -2.34. The van der Waals surface area contributed by atoms with Crippen LogP contribution in [0.4, 0.5) is 0 Å². The molecule has 0 unspecified atom stereocenters. The highest BCUT2D eigenvalue weighted by Gasteiger charge is 2.43. The zero-order valence-corrected chi connectivity index (χ0v) is 14.2. The van der Waals surface area contributed by atoms with Gasteiger partial charge in [0.1, 0.15) is 5.78 Å². The number of ketones is 1. The van der Waals surface area contributed by atoms with E-state index in [1.54, 1.807) is 19.9 Å². The molecule has 1 heterocycles. The molecule has 0 bridgehead atoms. The van der Waals surface area contributed by atoms with Gasteiger partial charge in [-0.1, -0.05) is 38.2 Å². The summed E-state index contributed by atoms with van der Waals surface area (Å²) in [5.41, 5.74) is -0.351. The number of hydrogen-bond acceptors (Lipinski definition) is 3. The number of carbonyl (C=O) groups excluding carboxylic acids is 2.